The molecule has 17 heavy (non-hydrogen) atoms. The fourth-order valence-electron chi connectivity index (χ4n) is 2.54. The van der Waals surface area contributed by atoms with E-state index in [4.69, 9.17) is 5.73 Å². The summed E-state index contributed by atoms with van der Waals surface area (Å²) in [7, 11) is 0. The molecule has 1 aromatic rings. The van der Waals surface area contributed by atoms with E-state index in [2.05, 4.69) is 21.8 Å². The Labute approximate surface area is 103 Å². The van der Waals surface area contributed by atoms with Crippen LogP contribution in [-0.2, 0) is 6.54 Å². The van der Waals surface area contributed by atoms with Crippen molar-refractivity contribution in [3.8, 4) is 0 Å². The number of nitrogens with two attached hydrogens (primary N) is 1. The first kappa shape index (κ1) is 12.3. The molecule has 0 spiro atoms. The summed E-state index contributed by atoms with van der Waals surface area (Å²) >= 11 is 0. The van der Waals surface area contributed by atoms with Crippen molar-refractivity contribution < 1.29 is 0 Å². The highest BCUT2D eigenvalue weighted by molar-refractivity contribution is 5.38. The lowest BCUT2D eigenvalue weighted by molar-refractivity contribution is 0.431. The molecule has 1 fully saturated rings. The van der Waals surface area contributed by atoms with E-state index in [0.29, 0.717) is 12.6 Å². The van der Waals surface area contributed by atoms with Crippen LogP contribution in [0.1, 0.15) is 44.7 Å². The maximum Gasteiger partial charge on any atom is 0.147 e. The Morgan fingerprint density at radius 3 is 2.88 bits per heavy atom. The smallest absolute Gasteiger partial charge is 0.147 e. The van der Waals surface area contributed by atoms with Crippen LogP contribution in [-0.4, -0.2) is 22.6 Å². The first-order chi connectivity index (χ1) is 8.35. The lowest BCUT2D eigenvalue weighted by Gasteiger charge is -2.36. The third kappa shape index (κ3) is 2.94. The standard InChI is InChI=1S/C13H22N4/c1-2-5-12-6-3-4-7-17(12)13-10-15-11(8-14)9-16-13/h9-10,12H,2-8,14H2,1H3. The van der Waals surface area contributed by atoms with Crippen molar-refractivity contribution in [3.05, 3.63) is 18.1 Å². The Hall–Kier alpha value is -1.16. The van der Waals surface area contributed by atoms with E-state index in [-0.39, 0.29) is 0 Å². The van der Waals surface area contributed by atoms with E-state index < -0.39 is 0 Å². The Bertz CT molecular complexity index is 334. The Kier molecular flexibility index (Phi) is 4.31. The molecule has 1 aliphatic heterocycles. The molecular formula is C13H22N4. The van der Waals surface area contributed by atoms with Gasteiger partial charge in [0.25, 0.3) is 0 Å². The molecule has 0 bridgehead atoms. The second kappa shape index (κ2) is 5.96. The molecule has 0 saturated carbocycles. The summed E-state index contributed by atoms with van der Waals surface area (Å²) in [6, 6.07) is 0.645. The summed E-state index contributed by atoms with van der Waals surface area (Å²) in [5.41, 5.74) is 6.40. The third-order valence-electron chi connectivity index (χ3n) is 3.44. The zero-order valence-electron chi connectivity index (χ0n) is 10.6. The zero-order chi connectivity index (χ0) is 12.1. The number of hydrogen-bond acceptors (Lipinski definition) is 4. The first-order valence-corrected chi connectivity index (χ1v) is 6.62. The lowest BCUT2D eigenvalue weighted by atomic mass is 9.98. The highest BCUT2D eigenvalue weighted by Gasteiger charge is 2.22. The molecule has 2 rings (SSSR count). The van der Waals surface area contributed by atoms with Crippen LogP contribution in [0.2, 0.25) is 0 Å². The molecule has 0 radical (unpaired) electrons. The lowest BCUT2D eigenvalue weighted by Crippen LogP contribution is -2.40. The SMILES string of the molecule is CCCC1CCCCN1c1cnc(CN)cn1. The topological polar surface area (TPSA) is 55.0 Å². The number of aromatic nitrogens is 2. The molecule has 0 aliphatic carbocycles. The summed E-state index contributed by atoms with van der Waals surface area (Å²) in [6.45, 7) is 3.82. The van der Waals surface area contributed by atoms with Crippen molar-refractivity contribution >= 4 is 5.82 Å². The Morgan fingerprint density at radius 1 is 1.35 bits per heavy atom. The van der Waals surface area contributed by atoms with Crippen LogP contribution in [0.4, 0.5) is 5.82 Å². The summed E-state index contributed by atoms with van der Waals surface area (Å²) in [6.07, 6.45) is 10.0. The molecule has 2 heterocycles. The molecule has 94 valence electrons. The molecule has 4 nitrogen and oxygen atoms in total. The van der Waals surface area contributed by atoms with Crippen molar-refractivity contribution in [1.82, 2.24) is 9.97 Å². The van der Waals surface area contributed by atoms with Crippen LogP contribution < -0.4 is 10.6 Å². The molecule has 2 N–H and O–H groups in total. The Morgan fingerprint density at radius 2 is 2.24 bits per heavy atom. The van der Waals surface area contributed by atoms with E-state index in [9.17, 15) is 0 Å². The summed E-state index contributed by atoms with van der Waals surface area (Å²) in [5, 5.41) is 0. The number of hydrogen-bond donors (Lipinski definition) is 1. The van der Waals surface area contributed by atoms with E-state index in [1.165, 1.54) is 32.1 Å². The predicted octanol–water partition coefficient (Wildman–Crippen LogP) is 2.09. The normalized spacial score (nSPS) is 20.6. The van der Waals surface area contributed by atoms with Gasteiger partial charge in [0, 0.05) is 19.1 Å². The maximum atomic E-state index is 5.54. The predicted molar refractivity (Wildman–Crippen MR) is 69.8 cm³/mol. The highest BCUT2D eigenvalue weighted by atomic mass is 15.2. The molecule has 0 aromatic carbocycles. The van der Waals surface area contributed by atoms with Crippen LogP contribution in [0.5, 0.6) is 0 Å². The minimum Gasteiger partial charge on any atom is -0.352 e. The van der Waals surface area contributed by atoms with Crippen molar-refractivity contribution in [2.45, 2.75) is 51.6 Å². The van der Waals surface area contributed by atoms with E-state index in [1.807, 2.05) is 6.20 Å². The quantitative estimate of drug-likeness (QED) is 0.866. The molecule has 1 aliphatic rings. The van der Waals surface area contributed by atoms with Crippen molar-refractivity contribution in [3.63, 3.8) is 0 Å². The van der Waals surface area contributed by atoms with Gasteiger partial charge in [0.1, 0.15) is 5.82 Å². The second-order valence-electron chi connectivity index (χ2n) is 4.70. The molecule has 0 amide bonds. The van der Waals surface area contributed by atoms with Crippen molar-refractivity contribution in [2.24, 2.45) is 5.73 Å². The van der Waals surface area contributed by atoms with Crippen molar-refractivity contribution in [2.75, 3.05) is 11.4 Å². The third-order valence-corrected chi connectivity index (χ3v) is 3.44. The fourth-order valence-corrected chi connectivity index (χ4v) is 2.54. The number of anilines is 1. The largest absolute Gasteiger partial charge is 0.352 e. The molecule has 1 unspecified atom stereocenters. The number of piperidine rings is 1. The van der Waals surface area contributed by atoms with Gasteiger partial charge in [-0.05, 0) is 25.7 Å². The van der Waals surface area contributed by atoms with Gasteiger partial charge in [0.2, 0.25) is 0 Å². The highest BCUT2D eigenvalue weighted by Crippen LogP contribution is 2.25. The van der Waals surface area contributed by atoms with Gasteiger partial charge in [-0.25, -0.2) is 4.98 Å². The van der Waals surface area contributed by atoms with E-state index in [0.717, 1.165) is 18.1 Å². The molecule has 1 atom stereocenters. The Balaban J connectivity index is 2.11. The van der Waals surface area contributed by atoms with Gasteiger partial charge in [-0.2, -0.15) is 0 Å². The van der Waals surface area contributed by atoms with Gasteiger partial charge in [0.15, 0.2) is 0 Å². The van der Waals surface area contributed by atoms with Crippen LogP contribution in [0.15, 0.2) is 12.4 Å². The van der Waals surface area contributed by atoms with E-state index >= 15 is 0 Å². The van der Waals surface area contributed by atoms with Gasteiger partial charge >= 0.3 is 0 Å². The first-order valence-electron chi connectivity index (χ1n) is 6.62. The van der Waals surface area contributed by atoms with Crippen LogP contribution in [0, 0.1) is 0 Å². The van der Waals surface area contributed by atoms with Gasteiger partial charge in [-0.15, -0.1) is 0 Å². The molecule has 4 heteroatoms. The summed E-state index contributed by atoms with van der Waals surface area (Å²) in [4.78, 5) is 11.2. The molecule has 1 aromatic heterocycles. The van der Waals surface area contributed by atoms with Crippen molar-refractivity contribution in [1.29, 1.82) is 0 Å². The van der Waals surface area contributed by atoms with Crippen LogP contribution in [0.3, 0.4) is 0 Å². The fraction of sp³-hybridized carbons (Fsp3) is 0.692. The van der Waals surface area contributed by atoms with Crippen LogP contribution in [0.25, 0.3) is 0 Å². The molecule has 1 saturated heterocycles. The number of rotatable bonds is 4. The number of nitrogens with zero attached hydrogens (tertiary/aromatic N) is 3. The van der Waals surface area contributed by atoms with Gasteiger partial charge in [0.05, 0.1) is 18.1 Å². The molecular weight excluding hydrogens is 212 g/mol. The maximum absolute atomic E-state index is 5.54. The van der Waals surface area contributed by atoms with Gasteiger partial charge in [-0.3, -0.25) is 4.98 Å². The minimum atomic E-state index is 0.464. The average Bonchev–Trinajstić information content (AvgIpc) is 2.40. The minimum absolute atomic E-state index is 0.464. The van der Waals surface area contributed by atoms with Crippen LogP contribution >= 0.6 is 0 Å². The zero-order valence-corrected chi connectivity index (χ0v) is 10.6. The average molecular weight is 234 g/mol. The summed E-state index contributed by atoms with van der Waals surface area (Å²) in [5.74, 6) is 1.01. The van der Waals surface area contributed by atoms with Gasteiger partial charge in [-0.1, -0.05) is 13.3 Å². The van der Waals surface area contributed by atoms with Gasteiger partial charge < -0.3 is 10.6 Å². The summed E-state index contributed by atoms with van der Waals surface area (Å²) < 4.78 is 0. The van der Waals surface area contributed by atoms with E-state index in [1.54, 1.807) is 6.20 Å². The monoisotopic (exact) mass is 234 g/mol. The second-order valence-corrected chi connectivity index (χ2v) is 4.70.